The smallest absolute Gasteiger partial charge is 0.219 e. The number of rotatable bonds is 4. The van der Waals surface area contributed by atoms with E-state index in [9.17, 15) is 0 Å². The third-order valence-corrected chi connectivity index (χ3v) is 2.45. The number of nitrogens with one attached hydrogen (secondary N) is 1. The van der Waals surface area contributed by atoms with Gasteiger partial charge in [-0.25, -0.2) is 4.98 Å². The van der Waals surface area contributed by atoms with Crippen LogP contribution in [0.25, 0.3) is 0 Å². The molecule has 2 aromatic rings. The Morgan fingerprint density at radius 1 is 1.18 bits per heavy atom. The summed E-state index contributed by atoms with van der Waals surface area (Å²) in [4.78, 5) is 4.07. The van der Waals surface area contributed by atoms with Crippen LogP contribution in [0.2, 0.25) is 5.02 Å². The van der Waals surface area contributed by atoms with E-state index in [4.69, 9.17) is 16.3 Å². The lowest BCUT2D eigenvalue weighted by Gasteiger charge is -2.05. The van der Waals surface area contributed by atoms with Crippen LogP contribution in [0.4, 0.5) is 0 Å². The van der Waals surface area contributed by atoms with Crippen LogP contribution in [0.15, 0.2) is 42.6 Å². The normalized spacial score (nSPS) is 10.2. The molecule has 0 amide bonds. The highest BCUT2D eigenvalue weighted by atomic mass is 35.5. The van der Waals surface area contributed by atoms with E-state index in [2.05, 4.69) is 10.3 Å². The lowest BCUT2D eigenvalue weighted by Crippen LogP contribution is -2.04. The molecule has 1 aromatic heterocycles. The zero-order chi connectivity index (χ0) is 12.1. The molecule has 0 aliphatic heterocycles. The average Bonchev–Trinajstić information content (AvgIpc) is 2.35. The van der Waals surface area contributed by atoms with Crippen molar-refractivity contribution in [3.8, 4) is 11.6 Å². The van der Waals surface area contributed by atoms with Crippen LogP contribution < -0.4 is 10.1 Å². The van der Waals surface area contributed by atoms with Gasteiger partial charge in [0, 0.05) is 18.8 Å². The number of benzene rings is 1. The molecule has 1 N–H and O–H groups in total. The topological polar surface area (TPSA) is 34.1 Å². The third kappa shape index (κ3) is 3.44. The summed E-state index contributed by atoms with van der Waals surface area (Å²) in [5.41, 5.74) is 1.21. The minimum atomic E-state index is 0.538. The van der Waals surface area contributed by atoms with Crippen LogP contribution in [0.3, 0.4) is 0 Å². The summed E-state index contributed by atoms with van der Waals surface area (Å²) in [5.74, 6) is 1.30. The fraction of sp³-hybridized carbons (Fsp3) is 0.154. The monoisotopic (exact) mass is 248 g/mol. The quantitative estimate of drug-likeness (QED) is 0.902. The third-order valence-electron chi connectivity index (χ3n) is 2.23. The van der Waals surface area contributed by atoms with Gasteiger partial charge in [-0.1, -0.05) is 23.7 Å². The summed E-state index contributed by atoms with van der Waals surface area (Å²) in [6.45, 7) is 0.847. The molecule has 1 aromatic carbocycles. The summed E-state index contributed by atoms with van der Waals surface area (Å²) < 4.78 is 5.58. The summed E-state index contributed by atoms with van der Waals surface area (Å²) in [6.07, 6.45) is 1.56. The predicted molar refractivity (Wildman–Crippen MR) is 68.5 cm³/mol. The SMILES string of the molecule is CNCc1ccc(Oc2ccc(Cl)cn2)cc1. The Labute approximate surface area is 105 Å². The molecule has 2 rings (SSSR count). The van der Waals surface area contributed by atoms with E-state index >= 15 is 0 Å². The maximum absolute atomic E-state index is 5.75. The van der Waals surface area contributed by atoms with Gasteiger partial charge in [0.05, 0.1) is 5.02 Å². The van der Waals surface area contributed by atoms with Crippen molar-refractivity contribution >= 4 is 11.6 Å². The van der Waals surface area contributed by atoms with E-state index < -0.39 is 0 Å². The fourth-order valence-electron chi connectivity index (χ4n) is 1.42. The van der Waals surface area contributed by atoms with Crippen LogP contribution in [-0.4, -0.2) is 12.0 Å². The first kappa shape index (κ1) is 11.9. The Kier molecular flexibility index (Phi) is 3.96. The molecule has 0 fully saturated rings. The van der Waals surface area contributed by atoms with Crippen molar-refractivity contribution in [1.82, 2.24) is 10.3 Å². The van der Waals surface area contributed by atoms with Gasteiger partial charge in [0.1, 0.15) is 5.75 Å². The number of ether oxygens (including phenoxy) is 1. The molecule has 88 valence electrons. The van der Waals surface area contributed by atoms with Gasteiger partial charge < -0.3 is 10.1 Å². The molecule has 4 heteroatoms. The Bertz CT molecular complexity index is 468. The van der Waals surface area contributed by atoms with Gasteiger partial charge in [-0.2, -0.15) is 0 Å². The predicted octanol–water partition coefficient (Wildman–Crippen LogP) is 3.25. The number of halogens is 1. The first-order valence-electron chi connectivity index (χ1n) is 5.31. The first-order valence-corrected chi connectivity index (χ1v) is 5.68. The lowest BCUT2D eigenvalue weighted by atomic mass is 10.2. The molecule has 0 unspecified atom stereocenters. The van der Waals surface area contributed by atoms with Crippen molar-refractivity contribution in [2.75, 3.05) is 7.05 Å². The average molecular weight is 249 g/mol. The molecular formula is C13H13ClN2O. The molecule has 0 saturated carbocycles. The van der Waals surface area contributed by atoms with Crippen molar-refractivity contribution in [3.63, 3.8) is 0 Å². The molecule has 0 saturated heterocycles. The number of nitrogens with zero attached hydrogens (tertiary/aromatic N) is 1. The van der Waals surface area contributed by atoms with Crippen molar-refractivity contribution in [2.45, 2.75) is 6.54 Å². The van der Waals surface area contributed by atoms with Crippen molar-refractivity contribution in [2.24, 2.45) is 0 Å². The highest BCUT2D eigenvalue weighted by Gasteiger charge is 1.98. The van der Waals surface area contributed by atoms with Gasteiger partial charge in [-0.05, 0) is 30.8 Å². The largest absolute Gasteiger partial charge is 0.439 e. The second kappa shape index (κ2) is 5.66. The highest BCUT2D eigenvalue weighted by Crippen LogP contribution is 2.20. The van der Waals surface area contributed by atoms with Gasteiger partial charge in [-0.15, -0.1) is 0 Å². The van der Waals surface area contributed by atoms with Gasteiger partial charge >= 0.3 is 0 Å². The molecule has 17 heavy (non-hydrogen) atoms. The van der Waals surface area contributed by atoms with Crippen LogP contribution in [0.1, 0.15) is 5.56 Å². The molecule has 3 nitrogen and oxygen atoms in total. The summed E-state index contributed by atoms with van der Waals surface area (Å²) in [7, 11) is 1.92. The van der Waals surface area contributed by atoms with E-state index in [-0.39, 0.29) is 0 Å². The maximum Gasteiger partial charge on any atom is 0.219 e. The second-order valence-corrected chi connectivity index (χ2v) is 4.03. The molecule has 0 radical (unpaired) electrons. The molecule has 1 heterocycles. The summed E-state index contributed by atoms with van der Waals surface area (Å²) in [6, 6.07) is 11.4. The van der Waals surface area contributed by atoms with Crippen LogP contribution in [-0.2, 0) is 6.54 Å². The summed E-state index contributed by atoms with van der Waals surface area (Å²) >= 11 is 5.75. The number of pyridine rings is 1. The second-order valence-electron chi connectivity index (χ2n) is 3.59. The molecular weight excluding hydrogens is 236 g/mol. The number of hydrogen-bond acceptors (Lipinski definition) is 3. The Morgan fingerprint density at radius 2 is 1.94 bits per heavy atom. The van der Waals surface area contributed by atoms with E-state index in [1.54, 1.807) is 18.3 Å². The lowest BCUT2D eigenvalue weighted by molar-refractivity contribution is 0.463. The van der Waals surface area contributed by atoms with Gasteiger partial charge in [0.25, 0.3) is 0 Å². The van der Waals surface area contributed by atoms with Crippen molar-refractivity contribution in [3.05, 3.63) is 53.2 Å². The minimum absolute atomic E-state index is 0.538. The Balaban J connectivity index is 2.05. The number of aromatic nitrogens is 1. The van der Waals surface area contributed by atoms with Gasteiger partial charge in [0.15, 0.2) is 0 Å². The Morgan fingerprint density at radius 3 is 2.53 bits per heavy atom. The fourth-order valence-corrected chi connectivity index (χ4v) is 1.53. The maximum atomic E-state index is 5.75. The van der Waals surface area contributed by atoms with Crippen LogP contribution >= 0.6 is 11.6 Å². The minimum Gasteiger partial charge on any atom is -0.439 e. The van der Waals surface area contributed by atoms with E-state index in [1.807, 2.05) is 31.3 Å². The Hall–Kier alpha value is -1.58. The molecule has 0 atom stereocenters. The van der Waals surface area contributed by atoms with Gasteiger partial charge in [0.2, 0.25) is 5.88 Å². The molecule has 0 aliphatic rings. The standard InChI is InChI=1S/C13H13ClN2O/c1-15-8-10-2-5-12(6-3-10)17-13-7-4-11(14)9-16-13/h2-7,9,15H,8H2,1H3. The molecule has 0 bridgehead atoms. The summed E-state index contributed by atoms with van der Waals surface area (Å²) in [5, 5.41) is 3.69. The highest BCUT2D eigenvalue weighted by molar-refractivity contribution is 6.30. The molecule has 0 spiro atoms. The first-order chi connectivity index (χ1) is 8.28. The molecule has 0 aliphatic carbocycles. The van der Waals surface area contributed by atoms with Crippen LogP contribution in [0, 0.1) is 0 Å². The zero-order valence-corrected chi connectivity index (χ0v) is 10.2. The van der Waals surface area contributed by atoms with Crippen LogP contribution in [0.5, 0.6) is 11.6 Å². The van der Waals surface area contributed by atoms with Crippen molar-refractivity contribution in [1.29, 1.82) is 0 Å². The van der Waals surface area contributed by atoms with E-state index in [1.165, 1.54) is 5.56 Å². The van der Waals surface area contributed by atoms with Crippen molar-refractivity contribution < 1.29 is 4.74 Å². The number of hydrogen-bond donors (Lipinski definition) is 1. The van der Waals surface area contributed by atoms with E-state index in [0.717, 1.165) is 12.3 Å². The van der Waals surface area contributed by atoms with Gasteiger partial charge in [-0.3, -0.25) is 0 Å². The zero-order valence-electron chi connectivity index (χ0n) is 9.48. The van der Waals surface area contributed by atoms with E-state index in [0.29, 0.717) is 10.9 Å².